The van der Waals surface area contributed by atoms with Gasteiger partial charge in [-0.3, -0.25) is 4.99 Å². The summed E-state index contributed by atoms with van der Waals surface area (Å²) in [6.45, 7) is 8.11. The van der Waals surface area contributed by atoms with Crippen molar-refractivity contribution in [3.05, 3.63) is 31.6 Å². The molecule has 4 fully saturated rings. The van der Waals surface area contributed by atoms with E-state index in [0.29, 0.717) is 5.41 Å². The molecule has 0 aromatic rings. The molecule has 0 aromatic heterocycles. The Morgan fingerprint density at radius 2 is 2.00 bits per heavy atom. The van der Waals surface area contributed by atoms with E-state index >= 15 is 0 Å². The summed E-state index contributed by atoms with van der Waals surface area (Å²) in [4.78, 5) is 4.85. The summed E-state index contributed by atoms with van der Waals surface area (Å²) in [7, 11) is 0. The van der Waals surface area contributed by atoms with Crippen LogP contribution in [0.25, 0.3) is 0 Å². The molecule has 0 aliphatic heterocycles. The average molecular weight is 242 g/mol. The summed E-state index contributed by atoms with van der Waals surface area (Å²) >= 11 is 0. The molecule has 0 unspecified atom stereocenters. The predicted octanol–water partition coefficient (Wildman–Crippen LogP) is 3.92. The standard InChI is InChI=1S/C17H24N/c1-12(13-6-4-5-7-13)18-11-14-8-9-15-10-16(14)17(15,2)3/h4-7,14-16H,8-11H2,1-3H3/t14-,15+,16+/m0/s1. The lowest BCUT2D eigenvalue weighted by Gasteiger charge is -2.60. The summed E-state index contributed by atoms with van der Waals surface area (Å²) in [6.07, 6.45) is 12.8. The van der Waals surface area contributed by atoms with E-state index in [1.54, 1.807) is 0 Å². The van der Waals surface area contributed by atoms with Crippen LogP contribution in [0.5, 0.6) is 0 Å². The van der Waals surface area contributed by atoms with Gasteiger partial charge in [0.05, 0.1) is 0 Å². The lowest BCUT2D eigenvalue weighted by atomic mass is 9.45. The third-order valence-corrected chi connectivity index (χ3v) is 5.64. The smallest absolute Gasteiger partial charge is 0.0419 e. The summed E-state index contributed by atoms with van der Waals surface area (Å²) < 4.78 is 0. The zero-order valence-corrected chi connectivity index (χ0v) is 11.8. The molecule has 0 aromatic carbocycles. The van der Waals surface area contributed by atoms with Crippen molar-refractivity contribution in [3.8, 4) is 0 Å². The topological polar surface area (TPSA) is 12.4 Å². The molecule has 4 aliphatic rings. The predicted molar refractivity (Wildman–Crippen MR) is 76.5 cm³/mol. The van der Waals surface area contributed by atoms with Crippen molar-refractivity contribution in [2.75, 3.05) is 6.54 Å². The van der Waals surface area contributed by atoms with Crippen LogP contribution in [-0.4, -0.2) is 12.3 Å². The fraction of sp³-hybridized carbons (Fsp3) is 0.647. The molecule has 1 nitrogen and oxygen atoms in total. The highest BCUT2D eigenvalue weighted by atomic mass is 14.8. The summed E-state index contributed by atoms with van der Waals surface area (Å²) in [5.41, 5.74) is 1.80. The zero-order chi connectivity index (χ0) is 12.8. The van der Waals surface area contributed by atoms with Gasteiger partial charge in [-0.25, -0.2) is 0 Å². The molecule has 0 saturated heterocycles. The van der Waals surface area contributed by atoms with Crippen molar-refractivity contribution in [3.63, 3.8) is 0 Å². The number of hydrogen-bond donors (Lipinski definition) is 0. The molecule has 4 rings (SSSR count). The Kier molecular flexibility index (Phi) is 3.28. The molecule has 0 amide bonds. The maximum absolute atomic E-state index is 4.85. The van der Waals surface area contributed by atoms with Gasteiger partial charge in [0, 0.05) is 18.2 Å². The van der Waals surface area contributed by atoms with Crippen LogP contribution in [0.15, 0.2) is 4.99 Å². The second-order valence-electron chi connectivity index (χ2n) is 6.80. The third-order valence-electron chi connectivity index (χ3n) is 5.64. The van der Waals surface area contributed by atoms with Gasteiger partial charge in [-0.05, 0) is 75.0 Å². The van der Waals surface area contributed by atoms with Gasteiger partial charge < -0.3 is 0 Å². The van der Waals surface area contributed by atoms with Gasteiger partial charge in [-0.1, -0.05) is 13.8 Å². The highest BCUT2D eigenvalue weighted by Gasteiger charge is 2.53. The molecule has 0 spiro atoms. The number of hydrogen-bond acceptors (Lipinski definition) is 1. The molecule has 2 bridgehead atoms. The second kappa shape index (κ2) is 4.65. The van der Waals surface area contributed by atoms with Crippen molar-refractivity contribution in [1.82, 2.24) is 0 Å². The molecule has 4 aliphatic carbocycles. The van der Waals surface area contributed by atoms with E-state index in [-0.39, 0.29) is 0 Å². The van der Waals surface area contributed by atoms with Crippen LogP contribution in [0.2, 0.25) is 0 Å². The van der Waals surface area contributed by atoms with Crippen molar-refractivity contribution in [2.24, 2.45) is 28.2 Å². The number of rotatable bonds is 3. The largest absolute Gasteiger partial charge is 0.293 e. The lowest BCUT2D eigenvalue weighted by Crippen LogP contribution is -2.53. The molecule has 3 atom stereocenters. The van der Waals surface area contributed by atoms with Gasteiger partial charge in [0.25, 0.3) is 0 Å². The summed E-state index contributed by atoms with van der Waals surface area (Å²) in [6, 6.07) is 0. The molecule has 0 heterocycles. The van der Waals surface area contributed by atoms with Gasteiger partial charge in [-0.2, -0.15) is 0 Å². The van der Waals surface area contributed by atoms with Crippen LogP contribution in [-0.2, 0) is 0 Å². The monoisotopic (exact) mass is 242 g/mol. The minimum Gasteiger partial charge on any atom is -0.293 e. The van der Waals surface area contributed by atoms with Gasteiger partial charge in [-0.15, -0.1) is 0 Å². The summed E-state index contributed by atoms with van der Waals surface area (Å²) in [5.74, 6) is 4.04. The highest BCUT2D eigenvalue weighted by Crippen LogP contribution is 2.61. The first kappa shape index (κ1) is 12.7. The molecule has 0 N–H and O–H groups in total. The van der Waals surface area contributed by atoms with E-state index < -0.39 is 0 Å². The molecule has 18 heavy (non-hydrogen) atoms. The molecule has 5 radical (unpaired) electrons. The minimum atomic E-state index is 0.590. The van der Waals surface area contributed by atoms with E-state index in [4.69, 9.17) is 4.99 Å². The van der Waals surface area contributed by atoms with Gasteiger partial charge >= 0.3 is 0 Å². The number of nitrogens with zero attached hydrogens (tertiary/aromatic N) is 1. The van der Waals surface area contributed by atoms with Crippen LogP contribution in [0.4, 0.5) is 0 Å². The Balaban J connectivity index is 1.58. The van der Waals surface area contributed by atoms with Crippen molar-refractivity contribution >= 4 is 5.71 Å². The fourth-order valence-corrected chi connectivity index (χ4v) is 4.14. The Morgan fingerprint density at radius 1 is 1.28 bits per heavy atom. The normalized spacial score (nSPS) is 39.7. The van der Waals surface area contributed by atoms with E-state index in [9.17, 15) is 0 Å². The van der Waals surface area contributed by atoms with Gasteiger partial charge in [0.2, 0.25) is 0 Å². The fourth-order valence-electron chi connectivity index (χ4n) is 4.14. The number of fused-ring (bicyclic) bond motifs is 2. The SMILES string of the molecule is CC(=NC[C@@H]1CC[C@@H]2C[C@H]1C2(C)C)[C]1[CH][CH][CH][CH]1. The maximum Gasteiger partial charge on any atom is 0.0419 e. The van der Waals surface area contributed by atoms with E-state index in [1.807, 2.05) is 0 Å². The maximum atomic E-state index is 4.85. The molecule has 1 heteroatoms. The lowest BCUT2D eigenvalue weighted by molar-refractivity contribution is -0.101. The van der Waals surface area contributed by atoms with Crippen molar-refractivity contribution in [1.29, 1.82) is 0 Å². The van der Waals surface area contributed by atoms with Crippen LogP contribution in [0, 0.1) is 54.8 Å². The molecular weight excluding hydrogens is 218 g/mol. The molecular formula is C17H24N. The van der Waals surface area contributed by atoms with E-state index in [0.717, 1.165) is 24.3 Å². The second-order valence-corrected chi connectivity index (χ2v) is 6.80. The third kappa shape index (κ3) is 2.04. The first-order chi connectivity index (χ1) is 8.59. The van der Waals surface area contributed by atoms with Crippen LogP contribution >= 0.6 is 0 Å². The van der Waals surface area contributed by atoms with Crippen molar-refractivity contribution < 1.29 is 0 Å². The van der Waals surface area contributed by atoms with Crippen LogP contribution in [0.3, 0.4) is 0 Å². The number of aliphatic imine (C=N–C) groups is 1. The van der Waals surface area contributed by atoms with Crippen LogP contribution in [0.1, 0.15) is 40.0 Å². The Hall–Kier alpha value is -0.330. The minimum absolute atomic E-state index is 0.590. The Labute approximate surface area is 112 Å². The Morgan fingerprint density at radius 3 is 2.61 bits per heavy atom. The highest BCUT2D eigenvalue weighted by molar-refractivity contribution is 6.00. The van der Waals surface area contributed by atoms with Gasteiger partial charge in [0.1, 0.15) is 0 Å². The zero-order valence-electron chi connectivity index (χ0n) is 11.8. The average Bonchev–Trinajstić information content (AvgIpc) is 2.89. The Bertz CT molecular complexity index is 334. The van der Waals surface area contributed by atoms with Crippen molar-refractivity contribution in [2.45, 2.75) is 40.0 Å². The molecule has 97 valence electrons. The van der Waals surface area contributed by atoms with E-state index in [1.165, 1.54) is 30.9 Å². The first-order valence-corrected chi connectivity index (χ1v) is 7.32. The van der Waals surface area contributed by atoms with Crippen LogP contribution < -0.4 is 0 Å². The summed E-state index contributed by atoms with van der Waals surface area (Å²) in [5, 5.41) is 0. The van der Waals surface area contributed by atoms with E-state index in [2.05, 4.69) is 46.5 Å². The first-order valence-electron chi connectivity index (χ1n) is 7.32. The quantitative estimate of drug-likeness (QED) is 0.665. The van der Waals surface area contributed by atoms with Gasteiger partial charge in [0.15, 0.2) is 0 Å². The molecule has 4 saturated carbocycles.